The van der Waals surface area contributed by atoms with Gasteiger partial charge in [-0.3, -0.25) is 4.79 Å². The van der Waals surface area contributed by atoms with E-state index in [0.29, 0.717) is 18.3 Å². The van der Waals surface area contributed by atoms with E-state index in [1.54, 1.807) is 10.7 Å². The highest BCUT2D eigenvalue weighted by atomic mass is 16.4. The van der Waals surface area contributed by atoms with Crippen LogP contribution in [0.5, 0.6) is 0 Å². The van der Waals surface area contributed by atoms with Gasteiger partial charge in [0.15, 0.2) is 5.65 Å². The summed E-state index contributed by atoms with van der Waals surface area (Å²) < 4.78 is 1.68. The minimum atomic E-state index is -0.702. The molecule has 1 saturated carbocycles. The largest absolute Gasteiger partial charge is 0.481 e. The summed E-state index contributed by atoms with van der Waals surface area (Å²) in [5, 5.41) is 16.9. The van der Waals surface area contributed by atoms with Crippen LogP contribution in [0, 0.1) is 11.3 Å². The molecule has 0 bridgehead atoms. The normalized spacial score (nSPS) is 25.9. The zero-order chi connectivity index (χ0) is 14.9. The number of carboxylic acids is 1. The fourth-order valence-corrected chi connectivity index (χ4v) is 2.95. The quantitative estimate of drug-likeness (QED) is 0.903. The Kier molecular flexibility index (Phi) is 3.53. The van der Waals surface area contributed by atoms with Gasteiger partial charge in [0.05, 0.1) is 11.6 Å². The number of carboxylic acid groups (broad SMARTS) is 1. The van der Waals surface area contributed by atoms with Crippen molar-refractivity contribution >= 4 is 17.4 Å². The smallest absolute Gasteiger partial charge is 0.311 e. The number of hydrogen-bond acceptors (Lipinski definition) is 4. The van der Waals surface area contributed by atoms with Crippen molar-refractivity contribution in [2.45, 2.75) is 32.6 Å². The highest BCUT2D eigenvalue weighted by Crippen LogP contribution is 2.39. The van der Waals surface area contributed by atoms with E-state index >= 15 is 0 Å². The molecule has 1 aliphatic carbocycles. The molecule has 0 saturated heterocycles. The molecule has 0 atom stereocenters. The van der Waals surface area contributed by atoms with E-state index in [2.05, 4.69) is 22.3 Å². The van der Waals surface area contributed by atoms with Gasteiger partial charge < -0.3 is 10.4 Å². The zero-order valence-corrected chi connectivity index (χ0v) is 12.1. The van der Waals surface area contributed by atoms with Crippen molar-refractivity contribution in [3.05, 3.63) is 24.5 Å². The summed E-state index contributed by atoms with van der Waals surface area (Å²) in [5.41, 5.74) is 0.0854. The van der Waals surface area contributed by atoms with Gasteiger partial charge in [-0.15, -0.1) is 0 Å². The summed E-state index contributed by atoms with van der Waals surface area (Å²) in [7, 11) is 0. The second-order valence-corrected chi connectivity index (χ2v) is 6.07. The van der Waals surface area contributed by atoms with Gasteiger partial charge in [-0.2, -0.15) is 5.10 Å². The monoisotopic (exact) mass is 288 g/mol. The molecule has 0 unspecified atom stereocenters. The van der Waals surface area contributed by atoms with Crippen LogP contribution in [0.15, 0.2) is 24.5 Å². The maximum absolute atomic E-state index is 11.7. The van der Waals surface area contributed by atoms with E-state index < -0.39 is 11.4 Å². The lowest BCUT2D eigenvalue weighted by molar-refractivity contribution is -0.150. The third-order valence-electron chi connectivity index (χ3n) is 4.55. The third kappa shape index (κ3) is 2.70. The predicted molar refractivity (Wildman–Crippen MR) is 79.2 cm³/mol. The van der Waals surface area contributed by atoms with Crippen molar-refractivity contribution in [1.29, 1.82) is 0 Å². The molecule has 2 heterocycles. The molecular weight excluding hydrogens is 268 g/mol. The van der Waals surface area contributed by atoms with Crippen molar-refractivity contribution in [3.8, 4) is 0 Å². The molecule has 21 heavy (non-hydrogen) atoms. The number of aromatic nitrogens is 3. The molecular formula is C15H20N4O2. The molecule has 0 aliphatic heterocycles. The Labute approximate surface area is 123 Å². The average molecular weight is 288 g/mol. The summed E-state index contributed by atoms with van der Waals surface area (Å²) in [5.74, 6) is 0.619. The molecule has 1 aliphatic rings. The second-order valence-electron chi connectivity index (χ2n) is 6.07. The SMILES string of the molecule is CC1CCC(CNc2ccn3nccc3n2)(C(=O)O)CC1. The second kappa shape index (κ2) is 5.35. The maximum atomic E-state index is 11.7. The van der Waals surface area contributed by atoms with Gasteiger partial charge in [-0.05, 0) is 37.7 Å². The lowest BCUT2D eigenvalue weighted by Crippen LogP contribution is -2.41. The first kappa shape index (κ1) is 13.9. The molecule has 6 heteroatoms. The number of rotatable bonds is 4. The van der Waals surface area contributed by atoms with Crippen molar-refractivity contribution in [2.75, 3.05) is 11.9 Å². The molecule has 1 fully saturated rings. The standard InChI is InChI=1S/C15H20N4O2/c1-11-2-6-15(7-3-11,14(20)21)10-16-12-5-9-19-13(18-12)4-8-17-19/h4-5,8-9,11H,2-3,6-7,10H2,1H3,(H,16,18)(H,20,21). The average Bonchev–Trinajstić information content (AvgIpc) is 2.94. The molecule has 112 valence electrons. The molecule has 0 radical (unpaired) electrons. The summed E-state index contributed by atoms with van der Waals surface area (Å²) in [6.07, 6.45) is 6.91. The van der Waals surface area contributed by atoms with Gasteiger partial charge in [-0.25, -0.2) is 9.50 Å². The highest BCUT2D eigenvalue weighted by Gasteiger charge is 2.41. The van der Waals surface area contributed by atoms with E-state index in [4.69, 9.17) is 0 Å². The lowest BCUT2D eigenvalue weighted by Gasteiger charge is -2.35. The summed E-state index contributed by atoms with van der Waals surface area (Å²) in [6.45, 7) is 2.61. The predicted octanol–water partition coefficient (Wildman–Crippen LogP) is 2.42. The Morgan fingerprint density at radius 3 is 2.95 bits per heavy atom. The van der Waals surface area contributed by atoms with Crippen LogP contribution >= 0.6 is 0 Å². The molecule has 0 aromatic carbocycles. The van der Waals surface area contributed by atoms with E-state index in [9.17, 15) is 9.90 Å². The Bertz CT molecular complexity index is 644. The number of aliphatic carboxylic acids is 1. The van der Waals surface area contributed by atoms with Gasteiger partial charge >= 0.3 is 5.97 Å². The van der Waals surface area contributed by atoms with Crippen LogP contribution in [0.4, 0.5) is 5.82 Å². The van der Waals surface area contributed by atoms with Gasteiger partial charge in [-0.1, -0.05) is 6.92 Å². The Morgan fingerprint density at radius 2 is 2.24 bits per heavy atom. The van der Waals surface area contributed by atoms with Gasteiger partial charge in [0.25, 0.3) is 0 Å². The van der Waals surface area contributed by atoms with E-state index in [0.717, 1.165) is 31.3 Å². The van der Waals surface area contributed by atoms with Crippen molar-refractivity contribution < 1.29 is 9.90 Å². The van der Waals surface area contributed by atoms with Crippen LogP contribution < -0.4 is 5.32 Å². The van der Waals surface area contributed by atoms with Crippen LogP contribution in [-0.2, 0) is 4.79 Å². The number of hydrogen-bond donors (Lipinski definition) is 2. The van der Waals surface area contributed by atoms with Crippen LogP contribution in [0.25, 0.3) is 5.65 Å². The third-order valence-corrected chi connectivity index (χ3v) is 4.55. The fraction of sp³-hybridized carbons (Fsp3) is 0.533. The van der Waals surface area contributed by atoms with Gasteiger partial charge in [0.2, 0.25) is 0 Å². The number of nitrogens with one attached hydrogen (secondary N) is 1. The topological polar surface area (TPSA) is 79.5 Å². The number of fused-ring (bicyclic) bond motifs is 1. The number of nitrogens with zero attached hydrogens (tertiary/aromatic N) is 3. The first-order chi connectivity index (χ1) is 10.1. The maximum Gasteiger partial charge on any atom is 0.311 e. The van der Waals surface area contributed by atoms with Crippen LogP contribution in [-0.4, -0.2) is 32.2 Å². The van der Waals surface area contributed by atoms with Crippen molar-refractivity contribution in [3.63, 3.8) is 0 Å². The Morgan fingerprint density at radius 1 is 1.48 bits per heavy atom. The number of carbonyl (C=O) groups is 1. The summed E-state index contributed by atoms with van der Waals surface area (Å²) in [6, 6.07) is 3.64. The lowest BCUT2D eigenvalue weighted by atomic mass is 9.71. The minimum absolute atomic E-state index is 0.423. The number of anilines is 1. The molecule has 0 spiro atoms. The van der Waals surface area contributed by atoms with Crippen LogP contribution in [0.3, 0.4) is 0 Å². The first-order valence-electron chi connectivity index (χ1n) is 7.37. The Hall–Kier alpha value is -2.11. The van der Waals surface area contributed by atoms with Crippen LogP contribution in [0.1, 0.15) is 32.6 Å². The van der Waals surface area contributed by atoms with E-state index in [1.807, 2.05) is 18.3 Å². The highest BCUT2D eigenvalue weighted by molar-refractivity contribution is 5.75. The molecule has 2 aromatic heterocycles. The van der Waals surface area contributed by atoms with Crippen molar-refractivity contribution in [1.82, 2.24) is 14.6 Å². The van der Waals surface area contributed by atoms with E-state index in [-0.39, 0.29) is 0 Å². The molecule has 2 N–H and O–H groups in total. The Balaban J connectivity index is 1.73. The minimum Gasteiger partial charge on any atom is -0.481 e. The zero-order valence-electron chi connectivity index (χ0n) is 12.1. The summed E-state index contributed by atoms with van der Waals surface area (Å²) in [4.78, 5) is 16.1. The molecule has 6 nitrogen and oxygen atoms in total. The first-order valence-corrected chi connectivity index (χ1v) is 7.37. The fourth-order valence-electron chi connectivity index (χ4n) is 2.95. The summed E-state index contributed by atoms with van der Waals surface area (Å²) >= 11 is 0. The molecule has 3 rings (SSSR count). The van der Waals surface area contributed by atoms with E-state index in [1.165, 1.54) is 0 Å². The van der Waals surface area contributed by atoms with Gasteiger partial charge in [0.1, 0.15) is 5.82 Å². The van der Waals surface area contributed by atoms with Crippen LogP contribution in [0.2, 0.25) is 0 Å². The van der Waals surface area contributed by atoms with Crippen molar-refractivity contribution in [2.24, 2.45) is 11.3 Å². The molecule has 2 aromatic rings. The molecule has 0 amide bonds. The van der Waals surface area contributed by atoms with Gasteiger partial charge in [0, 0.05) is 18.8 Å².